The molecule has 0 saturated carbocycles. The van der Waals surface area contributed by atoms with Gasteiger partial charge in [-0.25, -0.2) is 4.98 Å². The summed E-state index contributed by atoms with van der Waals surface area (Å²) < 4.78 is 1.27. The van der Waals surface area contributed by atoms with E-state index in [1.807, 2.05) is 11.0 Å². The van der Waals surface area contributed by atoms with Crippen LogP contribution in [0.2, 0.25) is 0 Å². The summed E-state index contributed by atoms with van der Waals surface area (Å²) in [7, 11) is 0. The zero-order valence-corrected chi connectivity index (χ0v) is 13.9. The van der Waals surface area contributed by atoms with E-state index < -0.39 is 4.92 Å². The number of piperidine rings is 2. The third-order valence-electron chi connectivity index (χ3n) is 5.11. The second-order valence-electron chi connectivity index (χ2n) is 6.60. The quantitative estimate of drug-likeness (QED) is 0.620. The fraction of sp³-hybridized carbons (Fsp3) is 0.562. The fourth-order valence-corrected chi connectivity index (χ4v) is 3.76. The van der Waals surface area contributed by atoms with Crippen molar-refractivity contribution in [2.45, 2.75) is 38.1 Å². The Labute approximate surface area is 144 Å². The van der Waals surface area contributed by atoms with E-state index in [2.05, 4.69) is 15.0 Å². The Bertz CT molecular complexity index is 811. The van der Waals surface area contributed by atoms with Gasteiger partial charge in [-0.15, -0.1) is 0 Å². The minimum absolute atomic E-state index is 0.134. The van der Waals surface area contributed by atoms with E-state index in [1.54, 1.807) is 6.07 Å². The molecule has 2 aliphatic heterocycles. The number of imidazole rings is 1. The minimum atomic E-state index is -0.481. The van der Waals surface area contributed by atoms with Crippen LogP contribution in [0.1, 0.15) is 32.1 Å². The molecule has 9 nitrogen and oxygen atoms in total. The normalized spacial score (nSPS) is 19.6. The van der Waals surface area contributed by atoms with Crippen molar-refractivity contribution in [3.8, 4) is 0 Å². The fourth-order valence-electron chi connectivity index (χ4n) is 3.76. The first-order valence-corrected chi connectivity index (χ1v) is 8.67. The molecule has 4 rings (SSSR count). The zero-order chi connectivity index (χ0) is 17.4. The zero-order valence-electron chi connectivity index (χ0n) is 13.9. The van der Waals surface area contributed by atoms with Gasteiger partial charge in [-0.05, 0) is 36.7 Å². The summed E-state index contributed by atoms with van der Waals surface area (Å²) in [5.41, 5.74) is 0.462. The van der Waals surface area contributed by atoms with Crippen molar-refractivity contribution < 1.29 is 9.72 Å². The Morgan fingerprint density at radius 1 is 1.16 bits per heavy atom. The van der Waals surface area contributed by atoms with Gasteiger partial charge in [0.25, 0.3) is 0 Å². The van der Waals surface area contributed by atoms with E-state index in [9.17, 15) is 14.9 Å². The molecule has 1 amide bonds. The molecular formula is C16H20N6O3. The van der Waals surface area contributed by atoms with E-state index in [0.717, 1.165) is 45.3 Å². The molecule has 2 fully saturated rings. The van der Waals surface area contributed by atoms with Gasteiger partial charge in [0, 0.05) is 38.2 Å². The molecule has 2 aromatic rings. The standard InChI is InChI=1S/C16H20N6O3/c23-16-3-1-2-8-20(16)12-6-9-19(10-7-12)14-5-4-13-17-11-15(22(24)25)21(13)18-14/h4-5,11-12H,1-3,6-10H2. The van der Waals surface area contributed by atoms with E-state index in [-0.39, 0.29) is 11.7 Å². The summed E-state index contributed by atoms with van der Waals surface area (Å²) in [6.45, 7) is 2.44. The van der Waals surface area contributed by atoms with Gasteiger partial charge in [-0.2, -0.15) is 0 Å². The van der Waals surface area contributed by atoms with Gasteiger partial charge < -0.3 is 19.9 Å². The molecule has 2 aliphatic rings. The second kappa shape index (κ2) is 6.30. The average Bonchev–Trinajstić information content (AvgIpc) is 3.06. The number of amides is 1. The van der Waals surface area contributed by atoms with E-state index in [4.69, 9.17) is 0 Å². The van der Waals surface area contributed by atoms with Crippen molar-refractivity contribution in [1.82, 2.24) is 19.5 Å². The highest BCUT2D eigenvalue weighted by molar-refractivity contribution is 5.77. The highest BCUT2D eigenvalue weighted by Gasteiger charge is 2.30. The number of hydrogen-bond donors (Lipinski definition) is 0. The topological polar surface area (TPSA) is 96.9 Å². The van der Waals surface area contributed by atoms with Crippen molar-refractivity contribution in [2.24, 2.45) is 0 Å². The van der Waals surface area contributed by atoms with Crippen LogP contribution < -0.4 is 4.90 Å². The van der Waals surface area contributed by atoms with E-state index in [1.165, 1.54) is 10.7 Å². The third-order valence-corrected chi connectivity index (χ3v) is 5.11. The van der Waals surface area contributed by atoms with Crippen molar-refractivity contribution >= 4 is 23.2 Å². The molecule has 0 atom stereocenters. The van der Waals surface area contributed by atoms with Gasteiger partial charge >= 0.3 is 5.82 Å². The molecule has 0 radical (unpaired) electrons. The van der Waals surface area contributed by atoms with Crippen LogP contribution in [-0.4, -0.2) is 56.0 Å². The predicted molar refractivity (Wildman–Crippen MR) is 90.4 cm³/mol. The molecule has 2 aromatic heterocycles. The first-order chi connectivity index (χ1) is 12.1. The van der Waals surface area contributed by atoms with Crippen LogP contribution >= 0.6 is 0 Å². The lowest BCUT2D eigenvalue weighted by Gasteiger charge is -2.40. The van der Waals surface area contributed by atoms with Crippen molar-refractivity contribution in [3.63, 3.8) is 0 Å². The number of aromatic nitrogens is 3. The molecule has 0 N–H and O–H groups in total. The second-order valence-corrected chi connectivity index (χ2v) is 6.60. The van der Waals surface area contributed by atoms with Crippen LogP contribution in [-0.2, 0) is 4.79 Å². The maximum Gasteiger partial charge on any atom is 0.368 e. The van der Waals surface area contributed by atoms with Crippen LogP contribution in [0.5, 0.6) is 0 Å². The summed E-state index contributed by atoms with van der Waals surface area (Å²) >= 11 is 0. The highest BCUT2D eigenvalue weighted by Crippen LogP contribution is 2.25. The molecule has 0 aromatic carbocycles. The van der Waals surface area contributed by atoms with Gasteiger partial charge in [-0.3, -0.25) is 4.79 Å². The molecule has 4 heterocycles. The van der Waals surface area contributed by atoms with E-state index in [0.29, 0.717) is 23.9 Å². The Hall–Kier alpha value is -2.71. The maximum atomic E-state index is 12.1. The number of nitrogens with zero attached hydrogens (tertiary/aromatic N) is 6. The molecular weight excluding hydrogens is 324 g/mol. The molecule has 132 valence electrons. The lowest BCUT2D eigenvalue weighted by atomic mass is 9.99. The first-order valence-electron chi connectivity index (χ1n) is 8.67. The van der Waals surface area contributed by atoms with Crippen LogP contribution in [0.15, 0.2) is 18.3 Å². The summed E-state index contributed by atoms with van der Waals surface area (Å²) in [6.07, 6.45) is 5.79. The van der Waals surface area contributed by atoms with Crippen molar-refractivity contribution in [3.05, 3.63) is 28.4 Å². The SMILES string of the molecule is O=C1CCCCN1C1CCN(c2ccc3ncc([N+](=O)[O-])n3n2)CC1. The molecule has 2 saturated heterocycles. The Balaban J connectivity index is 1.48. The van der Waals surface area contributed by atoms with Gasteiger partial charge in [0.15, 0.2) is 5.82 Å². The Morgan fingerprint density at radius 3 is 2.68 bits per heavy atom. The summed E-state index contributed by atoms with van der Waals surface area (Å²) in [4.78, 5) is 30.8. The maximum absolute atomic E-state index is 12.1. The number of carbonyl (C=O) groups is 1. The van der Waals surface area contributed by atoms with Gasteiger partial charge in [0.1, 0.15) is 6.20 Å². The number of nitro groups is 1. The van der Waals surface area contributed by atoms with Gasteiger partial charge in [0.2, 0.25) is 11.6 Å². The number of carbonyl (C=O) groups excluding carboxylic acids is 1. The number of fused-ring (bicyclic) bond motifs is 1. The summed E-state index contributed by atoms with van der Waals surface area (Å²) in [5.74, 6) is 0.848. The highest BCUT2D eigenvalue weighted by atomic mass is 16.6. The van der Waals surface area contributed by atoms with Gasteiger partial charge in [-0.1, -0.05) is 9.61 Å². The largest absolute Gasteiger partial charge is 0.368 e. The van der Waals surface area contributed by atoms with Crippen LogP contribution in [0, 0.1) is 10.1 Å². The molecule has 9 heteroatoms. The average molecular weight is 344 g/mol. The molecule has 0 bridgehead atoms. The molecule has 0 aliphatic carbocycles. The van der Waals surface area contributed by atoms with E-state index >= 15 is 0 Å². The summed E-state index contributed by atoms with van der Waals surface area (Å²) in [5, 5.41) is 15.5. The Morgan fingerprint density at radius 2 is 1.96 bits per heavy atom. The lowest BCUT2D eigenvalue weighted by Crippen LogP contribution is -2.49. The van der Waals surface area contributed by atoms with Gasteiger partial charge in [0.05, 0.1) is 0 Å². The molecule has 0 spiro atoms. The van der Waals surface area contributed by atoms with Crippen LogP contribution in [0.4, 0.5) is 11.6 Å². The lowest BCUT2D eigenvalue weighted by molar-refractivity contribution is -0.391. The number of anilines is 1. The monoisotopic (exact) mass is 344 g/mol. The van der Waals surface area contributed by atoms with Crippen LogP contribution in [0.3, 0.4) is 0 Å². The third kappa shape index (κ3) is 2.90. The van der Waals surface area contributed by atoms with Crippen molar-refractivity contribution in [1.29, 1.82) is 0 Å². The molecule has 25 heavy (non-hydrogen) atoms. The predicted octanol–water partition coefficient (Wildman–Crippen LogP) is 1.62. The molecule has 0 unspecified atom stereocenters. The Kier molecular flexibility index (Phi) is 3.98. The first kappa shape index (κ1) is 15.8. The van der Waals surface area contributed by atoms with Crippen molar-refractivity contribution in [2.75, 3.05) is 24.5 Å². The van der Waals surface area contributed by atoms with Crippen LogP contribution in [0.25, 0.3) is 5.65 Å². The number of rotatable bonds is 3. The number of likely N-dealkylation sites (tertiary alicyclic amines) is 1. The summed E-state index contributed by atoms with van der Waals surface area (Å²) in [6, 6.07) is 3.89. The number of hydrogen-bond acceptors (Lipinski definition) is 6. The smallest absolute Gasteiger partial charge is 0.358 e. The minimum Gasteiger partial charge on any atom is -0.358 e.